The molecule has 0 spiro atoms. The van der Waals surface area contributed by atoms with Gasteiger partial charge in [0.1, 0.15) is 12.1 Å². The van der Waals surface area contributed by atoms with E-state index in [1.165, 1.54) is 0 Å². The summed E-state index contributed by atoms with van der Waals surface area (Å²) >= 11 is 12.0. The van der Waals surface area contributed by atoms with E-state index in [0.29, 0.717) is 16.6 Å². The second-order valence-electron chi connectivity index (χ2n) is 4.08. The lowest BCUT2D eigenvalue weighted by atomic mass is 10.0. The first kappa shape index (κ1) is 13.7. The molecular formula is C11H16Cl2NO2+. The highest BCUT2D eigenvalue weighted by Crippen LogP contribution is 2.23. The van der Waals surface area contributed by atoms with E-state index < -0.39 is 5.54 Å². The van der Waals surface area contributed by atoms with Crippen LogP contribution >= 0.6 is 23.2 Å². The molecule has 0 aliphatic rings. The van der Waals surface area contributed by atoms with E-state index in [4.69, 9.17) is 33.4 Å². The van der Waals surface area contributed by atoms with E-state index in [9.17, 15) is 0 Å². The van der Waals surface area contributed by atoms with Crippen molar-refractivity contribution < 1.29 is 15.5 Å². The van der Waals surface area contributed by atoms with Crippen LogP contribution in [0.25, 0.3) is 0 Å². The van der Waals surface area contributed by atoms with E-state index in [0.717, 1.165) is 5.56 Å². The molecule has 1 aromatic carbocycles. The van der Waals surface area contributed by atoms with Crippen molar-refractivity contribution in [2.24, 2.45) is 0 Å². The first-order chi connectivity index (χ1) is 7.52. The van der Waals surface area contributed by atoms with Gasteiger partial charge in [-0.15, -0.1) is 0 Å². The Morgan fingerprint density at radius 1 is 1.19 bits per heavy atom. The molecule has 0 bridgehead atoms. The summed E-state index contributed by atoms with van der Waals surface area (Å²) in [4.78, 5) is 0. The lowest BCUT2D eigenvalue weighted by Gasteiger charge is -2.23. The van der Waals surface area contributed by atoms with Crippen LogP contribution in [0.5, 0.6) is 0 Å². The van der Waals surface area contributed by atoms with Crippen LogP contribution in [0.4, 0.5) is 0 Å². The minimum absolute atomic E-state index is 0.106. The van der Waals surface area contributed by atoms with E-state index >= 15 is 0 Å². The fourth-order valence-corrected chi connectivity index (χ4v) is 1.81. The average molecular weight is 265 g/mol. The maximum atomic E-state index is 9.14. The Morgan fingerprint density at radius 2 is 1.69 bits per heavy atom. The van der Waals surface area contributed by atoms with Crippen LogP contribution in [0.15, 0.2) is 18.2 Å². The van der Waals surface area contributed by atoms with Gasteiger partial charge in [0.25, 0.3) is 0 Å². The number of halogens is 2. The number of aliphatic hydroxyl groups is 2. The van der Waals surface area contributed by atoms with Crippen molar-refractivity contribution >= 4 is 23.2 Å². The van der Waals surface area contributed by atoms with Gasteiger partial charge < -0.3 is 15.5 Å². The molecule has 0 aromatic heterocycles. The molecule has 0 fully saturated rings. The molecule has 5 heteroatoms. The third kappa shape index (κ3) is 3.34. The Balaban J connectivity index is 2.75. The van der Waals surface area contributed by atoms with E-state index in [1.807, 2.05) is 5.32 Å². The normalized spacial score (nSPS) is 11.8. The van der Waals surface area contributed by atoms with Gasteiger partial charge in [-0.1, -0.05) is 29.3 Å². The maximum absolute atomic E-state index is 9.14. The Bertz CT molecular complexity index is 334. The van der Waals surface area contributed by atoms with Crippen molar-refractivity contribution in [1.29, 1.82) is 0 Å². The first-order valence-electron chi connectivity index (χ1n) is 5.01. The van der Waals surface area contributed by atoms with Crippen molar-refractivity contribution in [3.63, 3.8) is 0 Å². The predicted octanol–water partition coefficient (Wildman–Crippen LogP) is 0.800. The molecule has 0 aliphatic heterocycles. The molecule has 0 saturated heterocycles. The van der Waals surface area contributed by atoms with Crippen LogP contribution in [-0.4, -0.2) is 29.0 Å². The molecule has 0 radical (unpaired) electrons. The minimum atomic E-state index is -0.609. The van der Waals surface area contributed by atoms with Gasteiger partial charge in [0.05, 0.1) is 23.3 Å². The lowest BCUT2D eigenvalue weighted by molar-refractivity contribution is -0.741. The maximum Gasteiger partial charge on any atom is 0.140 e. The van der Waals surface area contributed by atoms with Crippen molar-refractivity contribution in [2.75, 3.05) is 13.2 Å². The highest BCUT2D eigenvalue weighted by Gasteiger charge is 2.26. The van der Waals surface area contributed by atoms with Gasteiger partial charge in [0.2, 0.25) is 0 Å². The van der Waals surface area contributed by atoms with Crippen molar-refractivity contribution in [3.05, 3.63) is 33.8 Å². The Hall–Kier alpha value is -0.320. The highest BCUT2D eigenvalue weighted by molar-refractivity contribution is 6.35. The Morgan fingerprint density at radius 3 is 2.12 bits per heavy atom. The van der Waals surface area contributed by atoms with Gasteiger partial charge in [-0.05, 0) is 19.1 Å². The molecule has 1 aromatic rings. The molecule has 0 unspecified atom stereocenters. The van der Waals surface area contributed by atoms with Crippen LogP contribution < -0.4 is 5.32 Å². The van der Waals surface area contributed by atoms with Gasteiger partial charge in [-0.3, -0.25) is 0 Å². The summed E-state index contributed by atoms with van der Waals surface area (Å²) in [6.07, 6.45) is 0. The second-order valence-corrected chi connectivity index (χ2v) is 4.89. The summed E-state index contributed by atoms with van der Waals surface area (Å²) in [5, 5.41) is 21.3. The molecule has 0 amide bonds. The van der Waals surface area contributed by atoms with Crippen molar-refractivity contribution in [2.45, 2.75) is 19.0 Å². The Kier molecular flexibility index (Phi) is 5.02. The van der Waals surface area contributed by atoms with E-state index in [2.05, 4.69) is 0 Å². The number of nitrogens with two attached hydrogens (primary N) is 1. The van der Waals surface area contributed by atoms with Gasteiger partial charge in [-0.25, -0.2) is 0 Å². The van der Waals surface area contributed by atoms with Gasteiger partial charge in [0, 0.05) is 5.56 Å². The summed E-state index contributed by atoms with van der Waals surface area (Å²) in [5.41, 5.74) is 0.210. The molecule has 0 atom stereocenters. The average Bonchev–Trinajstić information content (AvgIpc) is 2.28. The molecule has 4 N–H and O–H groups in total. The zero-order valence-electron chi connectivity index (χ0n) is 9.08. The fourth-order valence-electron chi connectivity index (χ4n) is 1.25. The Labute approximate surface area is 105 Å². The molecule has 3 nitrogen and oxygen atoms in total. The van der Waals surface area contributed by atoms with Gasteiger partial charge in [-0.2, -0.15) is 0 Å². The topological polar surface area (TPSA) is 57.1 Å². The number of hydrogen-bond acceptors (Lipinski definition) is 2. The number of quaternary nitrogens is 1. The molecule has 0 aliphatic carbocycles. The first-order valence-corrected chi connectivity index (χ1v) is 5.77. The molecule has 16 heavy (non-hydrogen) atoms. The number of hydrogen-bond donors (Lipinski definition) is 3. The monoisotopic (exact) mass is 264 g/mol. The zero-order valence-corrected chi connectivity index (χ0v) is 10.6. The summed E-state index contributed by atoms with van der Waals surface area (Å²) in [5.74, 6) is 0. The molecular weight excluding hydrogens is 249 g/mol. The standard InChI is InChI=1S/C11H15Cl2NO2/c1-11(6-15,7-16)14-5-8-9(12)3-2-4-10(8)13/h2-4,14-16H,5-7H2,1H3/p+1. The number of benzene rings is 1. The van der Waals surface area contributed by atoms with Crippen molar-refractivity contribution in [1.82, 2.24) is 0 Å². The fraction of sp³-hybridized carbons (Fsp3) is 0.455. The lowest BCUT2D eigenvalue weighted by Crippen LogP contribution is -2.97. The van der Waals surface area contributed by atoms with E-state index in [-0.39, 0.29) is 13.2 Å². The third-order valence-electron chi connectivity index (χ3n) is 2.58. The molecule has 0 saturated carbocycles. The molecule has 90 valence electrons. The number of aliphatic hydroxyl groups excluding tert-OH is 2. The van der Waals surface area contributed by atoms with E-state index in [1.54, 1.807) is 25.1 Å². The zero-order chi connectivity index (χ0) is 12.2. The summed E-state index contributed by atoms with van der Waals surface area (Å²) in [6.45, 7) is 2.09. The number of rotatable bonds is 5. The van der Waals surface area contributed by atoms with Crippen molar-refractivity contribution in [3.8, 4) is 0 Å². The summed E-state index contributed by atoms with van der Waals surface area (Å²) in [7, 11) is 0. The molecule has 0 heterocycles. The van der Waals surface area contributed by atoms with Crippen LogP contribution in [0.1, 0.15) is 12.5 Å². The largest absolute Gasteiger partial charge is 0.390 e. The molecule has 1 rings (SSSR count). The van der Waals surface area contributed by atoms with Crippen LogP contribution in [-0.2, 0) is 6.54 Å². The second kappa shape index (κ2) is 5.84. The van der Waals surface area contributed by atoms with Crippen LogP contribution in [0.2, 0.25) is 10.0 Å². The summed E-state index contributed by atoms with van der Waals surface area (Å²) in [6, 6.07) is 5.32. The summed E-state index contributed by atoms with van der Waals surface area (Å²) < 4.78 is 0. The smallest absolute Gasteiger partial charge is 0.140 e. The predicted molar refractivity (Wildman–Crippen MR) is 64.7 cm³/mol. The van der Waals surface area contributed by atoms with Gasteiger partial charge >= 0.3 is 0 Å². The minimum Gasteiger partial charge on any atom is -0.390 e. The third-order valence-corrected chi connectivity index (χ3v) is 3.29. The highest BCUT2D eigenvalue weighted by atomic mass is 35.5. The quantitative estimate of drug-likeness (QED) is 0.737. The van der Waals surface area contributed by atoms with Gasteiger partial charge in [0.15, 0.2) is 0 Å². The van der Waals surface area contributed by atoms with Crippen LogP contribution in [0, 0.1) is 0 Å². The SMILES string of the molecule is CC(CO)(CO)[NH2+]Cc1c(Cl)cccc1Cl. The van der Waals surface area contributed by atoms with Crippen LogP contribution in [0.3, 0.4) is 0 Å².